The summed E-state index contributed by atoms with van der Waals surface area (Å²) < 4.78 is 2.16. The van der Waals surface area contributed by atoms with Gasteiger partial charge in [-0.05, 0) is 32.4 Å². The van der Waals surface area contributed by atoms with Crippen molar-refractivity contribution >= 4 is 0 Å². The lowest BCUT2D eigenvalue weighted by Gasteiger charge is -2.22. The van der Waals surface area contributed by atoms with Crippen LogP contribution < -0.4 is 0 Å². The molecular weight excluding hydrogens is 248 g/mol. The van der Waals surface area contributed by atoms with Gasteiger partial charge in [0.25, 0.3) is 0 Å². The second kappa shape index (κ2) is 7.44. The van der Waals surface area contributed by atoms with E-state index in [0.29, 0.717) is 6.04 Å². The Morgan fingerprint density at radius 2 is 2.20 bits per heavy atom. The maximum Gasteiger partial charge on any atom is 0.0764 e. The van der Waals surface area contributed by atoms with Gasteiger partial charge >= 0.3 is 0 Å². The first kappa shape index (κ1) is 15.1. The van der Waals surface area contributed by atoms with Crippen LogP contribution in [-0.2, 0) is 6.54 Å². The van der Waals surface area contributed by atoms with E-state index < -0.39 is 0 Å². The van der Waals surface area contributed by atoms with Crippen LogP contribution in [0.25, 0.3) is 0 Å². The first-order valence-corrected chi connectivity index (χ1v) is 7.89. The predicted molar refractivity (Wildman–Crippen MR) is 80.1 cm³/mol. The summed E-state index contributed by atoms with van der Waals surface area (Å²) in [6.45, 7) is 6.75. The summed E-state index contributed by atoms with van der Waals surface area (Å²) in [7, 11) is 0. The zero-order valence-electron chi connectivity index (χ0n) is 12.8. The van der Waals surface area contributed by atoms with Gasteiger partial charge in [0.2, 0.25) is 0 Å². The lowest BCUT2D eigenvalue weighted by atomic mass is 9.96. The minimum atomic E-state index is 0.0791. The summed E-state index contributed by atoms with van der Waals surface area (Å²) in [5.41, 5.74) is 1.13. The lowest BCUT2D eigenvalue weighted by molar-refractivity contribution is 0.254. The van der Waals surface area contributed by atoms with Crippen molar-refractivity contribution in [2.24, 2.45) is 5.92 Å². The second-order valence-corrected chi connectivity index (χ2v) is 5.94. The average molecular weight is 274 g/mol. The smallest absolute Gasteiger partial charge is 0.0764 e. The van der Waals surface area contributed by atoms with E-state index in [1.54, 1.807) is 0 Å². The van der Waals surface area contributed by atoms with E-state index in [-0.39, 0.29) is 5.92 Å². The number of rotatable bonds is 6. The van der Waals surface area contributed by atoms with Crippen LogP contribution in [0, 0.1) is 17.2 Å². The summed E-state index contributed by atoms with van der Waals surface area (Å²) in [5, 5.41) is 13.7. The molecule has 110 valence electrons. The van der Waals surface area contributed by atoms with E-state index in [9.17, 15) is 0 Å². The van der Waals surface area contributed by atoms with Crippen molar-refractivity contribution in [2.45, 2.75) is 58.5 Å². The highest BCUT2D eigenvalue weighted by Crippen LogP contribution is 2.27. The lowest BCUT2D eigenvalue weighted by Crippen LogP contribution is -2.28. The molecule has 1 atom stereocenters. The molecule has 1 saturated carbocycles. The highest BCUT2D eigenvalue weighted by Gasteiger charge is 2.17. The monoisotopic (exact) mass is 274 g/mol. The molecule has 0 aliphatic heterocycles. The maximum absolute atomic E-state index is 8.92. The fourth-order valence-electron chi connectivity index (χ4n) is 2.97. The van der Waals surface area contributed by atoms with Crippen molar-refractivity contribution in [3.05, 3.63) is 18.0 Å². The van der Waals surface area contributed by atoms with Crippen LogP contribution in [0.15, 0.2) is 12.3 Å². The van der Waals surface area contributed by atoms with Crippen LogP contribution in [0.1, 0.15) is 57.7 Å². The van der Waals surface area contributed by atoms with Gasteiger partial charge in [0.1, 0.15) is 0 Å². The molecule has 0 radical (unpaired) electrons. The van der Waals surface area contributed by atoms with Crippen LogP contribution >= 0.6 is 0 Å². The van der Waals surface area contributed by atoms with E-state index >= 15 is 0 Å². The number of hydrogen-bond acceptors (Lipinski definition) is 3. The van der Waals surface area contributed by atoms with Gasteiger partial charge in [0.05, 0.1) is 23.7 Å². The van der Waals surface area contributed by atoms with Gasteiger partial charge in [-0.2, -0.15) is 10.4 Å². The molecule has 0 amide bonds. The standard InChI is InChI=1S/C16H26N4/c1-3-19(12-14(2)11-17)13-15-9-10-20(18-15)16-7-5-4-6-8-16/h9-10,14,16H,3-8,12-13H2,1-2H3. The molecule has 1 aliphatic carbocycles. The molecule has 4 nitrogen and oxygen atoms in total. The molecule has 1 fully saturated rings. The van der Waals surface area contributed by atoms with Crippen LogP contribution in [0.5, 0.6) is 0 Å². The van der Waals surface area contributed by atoms with E-state index in [4.69, 9.17) is 10.4 Å². The topological polar surface area (TPSA) is 44.9 Å². The molecule has 4 heteroatoms. The predicted octanol–water partition coefficient (Wildman–Crippen LogP) is 3.37. The third-order valence-electron chi connectivity index (χ3n) is 4.20. The summed E-state index contributed by atoms with van der Waals surface area (Å²) in [4.78, 5) is 2.29. The first-order valence-electron chi connectivity index (χ1n) is 7.89. The van der Waals surface area contributed by atoms with Gasteiger partial charge in [0.15, 0.2) is 0 Å². The minimum absolute atomic E-state index is 0.0791. The quantitative estimate of drug-likeness (QED) is 0.799. The largest absolute Gasteiger partial charge is 0.296 e. The fraction of sp³-hybridized carbons (Fsp3) is 0.750. The van der Waals surface area contributed by atoms with Crippen LogP contribution in [0.4, 0.5) is 0 Å². The Hall–Kier alpha value is -1.34. The van der Waals surface area contributed by atoms with Crippen molar-refractivity contribution < 1.29 is 0 Å². The highest BCUT2D eigenvalue weighted by atomic mass is 15.3. The molecule has 1 aliphatic rings. The molecule has 0 bridgehead atoms. The SMILES string of the molecule is CCN(Cc1ccn(C2CCCCC2)n1)CC(C)C#N. The van der Waals surface area contributed by atoms with Gasteiger partial charge in [-0.3, -0.25) is 9.58 Å². The fourth-order valence-corrected chi connectivity index (χ4v) is 2.97. The normalized spacial score (nSPS) is 18.1. The zero-order valence-corrected chi connectivity index (χ0v) is 12.8. The highest BCUT2D eigenvalue weighted by molar-refractivity contribution is 5.00. The third-order valence-corrected chi connectivity index (χ3v) is 4.20. The van der Waals surface area contributed by atoms with Gasteiger partial charge in [-0.1, -0.05) is 26.2 Å². The van der Waals surface area contributed by atoms with Gasteiger partial charge in [-0.15, -0.1) is 0 Å². The Morgan fingerprint density at radius 3 is 2.85 bits per heavy atom. The Kier molecular flexibility index (Phi) is 5.60. The van der Waals surface area contributed by atoms with Crippen molar-refractivity contribution in [3.63, 3.8) is 0 Å². The second-order valence-electron chi connectivity index (χ2n) is 5.94. The Bertz CT molecular complexity index is 440. The molecule has 0 spiro atoms. The molecule has 1 aromatic rings. The summed E-state index contributed by atoms with van der Waals surface area (Å²) in [6, 6.07) is 5.04. The first-order chi connectivity index (χ1) is 9.72. The van der Waals surface area contributed by atoms with Gasteiger partial charge in [0, 0.05) is 19.3 Å². The van der Waals surface area contributed by atoms with Crippen molar-refractivity contribution in [3.8, 4) is 6.07 Å². The van der Waals surface area contributed by atoms with Gasteiger partial charge < -0.3 is 0 Å². The van der Waals surface area contributed by atoms with E-state index in [2.05, 4.69) is 34.8 Å². The molecule has 1 unspecified atom stereocenters. The van der Waals surface area contributed by atoms with E-state index in [1.165, 1.54) is 32.1 Å². The molecule has 1 aromatic heterocycles. The van der Waals surface area contributed by atoms with E-state index in [1.807, 2.05) is 6.92 Å². The molecule has 2 rings (SSSR count). The molecule has 0 saturated heterocycles. The number of nitriles is 1. The summed E-state index contributed by atoms with van der Waals surface area (Å²) in [6.07, 6.45) is 8.71. The molecule has 20 heavy (non-hydrogen) atoms. The van der Waals surface area contributed by atoms with Crippen LogP contribution in [0.2, 0.25) is 0 Å². The van der Waals surface area contributed by atoms with E-state index in [0.717, 1.165) is 25.3 Å². The van der Waals surface area contributed by atoms with Crippen molar-refractivity contribution in [1.29, 1.82) is 5.26 Å². The van der Waals surface area contributed by atoms with Crippen LogP contribution in [-0.4, -0.2) is 27.8 Å². The summed E-state index contributed by atoms with van der Waals surface area (Å²) in [5.74, 6) is 0.0791. The number of nitrogens with zero attached hydrogens (tertiary/aromatic N) is 4. The van der Waals surface area contributed by atoms with Crippen molar-refractivity contribution in [2.75, 3.05) is 13.1 Å². The molecule has 1 heterocycles. The van der Waals surface area contributed by atoms with Crippen LogP contribution in [0.3, 0.4) is 0 Å². The third kappa shape index (κ3) is 4.08. The Balaban J connectivity index is 1.92. The average Bonchev–Trinajstić information content (AvgIpc) is 2.95. The molecular formula is C16H26N4. The van der Waals surface area contributed by atoms with Crippen molar-refractivity contribution in [1.82, 2.24) is 14.7 Å². The molecule has 0 aromatic carbocycles. The maximum atomic E-state index is 8.92. The summed E-state index contributed by atoms with van der Waals surface area (Å²) >= 11 is 0. The number of aromatic nitrogens is 2. The zero-order chi connectivity index (χ0) is 14.4. The minimum Gasteiger partial charge on any atom is -0.296 e. The van der Waals surface area contributed by atoms with Gasteiger partial charge in [-0.25, -0.2) is 0 Å². The molecule has 0 N–H and O–H groups in total. The Labute approximate surface area is 122 Å². The number of hydrogen-bond donors (Lipinski definition) is 0. The Morgan fingerprint density at radius 1 is 1.45 bits per heavy atom.